The van der Waals surface area contributed by atoms with Crippen molar-refractivity contribution in [2.45, 2.75) is 24.9 Å². The number of halogens is 2. The highest BCUT2D eigenvalue weighted by atomic mass is 35.5. The molecular weight excluding hydrogens is 549 g/mol. The Hall–Kier alpha value is -4.84. The van der Waals surface area contributed by atoms with E-state index < -0.39 is 5.82 Å². The lowest BCUT2D eigenvalue weighted by atomic mass is 10.1. The Balaban J connectivity index is 1.15. The van der Waals surface area contributed by atoms with Crippen LogP contribution in [-0.2, 0) is 4.79 Å². The van der Waals surface area contributed by atoms with Gasteiger partial charge < -0.3 is 19.9 Å². The van der Waals surface area contributed by atoms with Crippen molar-refractivity contribution in [3.63, 3.8) is 0 Å². The van der Waals surface area contributed by atoms with E-state index in [0.29, 0.717) is 41.3 Å². The van der Waals surface area contributed by atoms with Gasteiger partial charge in [-0.3, -0.25) is 4.79 Å². The molecule has 1 N–H and O–H groups in total. The molecule has 2 aliphatic heterocycles. The number of anilines is 3. The second kappa shape index (κ2) is 9.97. The zero-order chi connectivity index (χ0) is 28.1. The molecule has 0 aliphatic carbocycles. The van der Waals surface area contributed by atoms with Crippen molar-refractivity contribution >= 4 is 51.5 Å². The van der Waals surface area contributed by atoms with Crippen molar-refractivity contribution in [3.8, 4) is 11.5 Å². The van der Waals surface area contributed by atoms with E-state index in [2.05, 4.69) is 36.8 Å². The largest absolute Gasteiger partial charge is 0.455 e. The van der Waals surface area contributed by atoms with Gasteiger partial charge in [0, 0.05) is 37.4 Å². The van der Waals surface area contributed by atoms with E-state index in [4.69, 9.17) is 21.3 Å². The first kappa shape index (κ1) is 25.1. The summed E-state index contributed by atoms with van der Waals surface area (Å²) in [6.07, 6.45) is 7.77. The molecule has 11 nitrogen and oxygen atoms in total. The van der Waals surface area contributed by atoms with Gasteiger partial charge >= 0.3 is 0 Å². The van der Waals surface area contributed by atoms with E-state index in [1.54, 1.807) is 28.9 Å². The van der Waals surface area contributed by atoms with Gasteiger partial charge in [-0.05, 0) is 49.2 Å². The molecule has 13 heteroatoms. The van der Waals surface area contributed by atoms with E-state index in [0.717, 1.165) is 18.7 Å². The molecule has 1 aromatic carbocycles. The molecule has 206 valence electrons. The number of ether oxygens (including phenoxy) is 1. The number of nitrogens with zero attached hydrogens (tertiary/aromatic N) is 8. The minimum Gasteiger partial charge on any atom is -0.455 e. The highest BCUT2D eigenvalue weighted by Crippen LogP contribution is 2.37. The fourth-order valence-electron chi connectivity index (χ4n) is 5.57. The van der Waals surface area contributed by atoms with Crippen molar-refractivity contribution < 1.29 is 13.9 Å². The maximum atomic E-state index is 15.4. The zero-order valence-electron chi connectivity index (χ0n) is 21.6. The van der Waals surface area contributed by atoms with Crippen LogP contribution in [0.25, 0.3) is 16.7 Å². The molecule has 41 heavy (non-hydrogen) atoms. The van der Waals surface area contributed by atoms with Crippen LogP contribution in [0.15, 0.2) is 67.9 Å². The molecule has 2 aliphatic rings. The van der Waals surface area contributed by atoms with Crippen LogP contribution < -0.4 is 15.0 Å². The Bertz CT molecular complexity index is 1820. The minimum absolute atomic E-state index is 0.0306. The van der Waals surface area contributed by atoms with Crippen LogP contribution in [0.1, 0.15) is 12.8 Å². The molecule has 7 rings (SSSR count). The summed E-state index contributed by atoms with van der Waals surface area (Å²) in [6.45, 7) is 4.98. The second-order valence-electron chi connectivity index (χ2n) is 9.89. The van der Waals surface area contributed by atoms with Gasteiger partial charge in [0.15, 0.2) is 17.3 Å². The normalized spacial score (nSPS) is 18.2. The minimum atomic E-state index is -0.699. The van der Waals surface area contributed by atoms with E-state index in [9.17, 15) is 4.79 Å². The first-order valence-corrected chi connectivity index (χ1v) is 13.4. The summed E-state index contributed by atoms with van der Waals surface area (Å²) in [5.41, 5.74) is 1.78. The van der Waals surface area contributed by atoms with Gasteiger partial charge in [0.05, 0.1) is 11.2 Å². The number of carbonyl (C=O) groups excluding carboxylic acids is 1. The van der Waals surface area contributed by atoms with Crippen LogP contribution in [-0.4, -0.2) is 65.5 Å². The molecule has 2 fully saturated rings. The third kappa shape index (κ3) is 4.45. The Morgan fingerprint density at radius 2 is 1.93 bits per heavy atom. The Labute approximate surface area is 238 Å². The summed E-state index contributed by atoms with van der Waals surface area (Å²) in [5.74, 6) is 0.933. The van der Waals surface area contributed by atoms with Gasteiger partial charge in [-0.1, -0.05) is 18.2 Å². The zero-order valence-corrected chi connectivity index (χ0v) is 22.4. The van der Waals surface area contributed by atoms with Crippen molar-refractivity contribution in [2.75, 3.05) is 23.3 Å². The number of rotatable bonds is 6. The van der Waals surface area contributed by atoms with Gasteiger partial charge in [-0.2, -0.15) is 5.10 Å². The van der Waals surface area contributed by atoms with Crippen molar-refractivity contribution in [2.24, 2.45) is 0 Å². The lowest BCUT2D eigenvalue weighted by molar-refractivity contribution is -0.129. The van der Waals surface area contributed by atoms with E-state index in [1.807, 2.05) is 17.0 Å². The van der Waals surface area contributed by atoms with Crippen molar-refractivity contribution in [3.05, 3.63) is 78.7 Å². The number of amides is 1. The topological polar surface area (TPSA) is 114 Å². The number of fused-ring (bicyclic) bond motifs is 4. The molecule has 1 amide bonds. The van der Waals surface area contributed by atoms with E-state index >= 15 is 4.39 Å². The Morgan fingerprint density at radius 3 is 2.73 bits per heavy atom. The number of hydrogen-bond donors (Lipinski definition) is 1. The molecule has 2 saturated heterocycles. The Morgan fingerprint density at radius 1 is 1.10 bits per heavy atom. The lowest BCUT2D eigenvalue weighted by Gasteiger charge is -2.41. The number of aromatic nitrogens is 6. The van der Waals surface area contributed by atoms with Crippen molar-refractivity contribution in [1.82, 2.24) is 34.4 Å². The summed E-state index contributed by atoms with van der Waals surface area (Å²) >= 11 is 6.37. The lowest BCUT2D eigenvalue weighted by Crippen LogP contribution is -2.55. The van der Waals surface area contributed by atoms with Gasteiger partial charge in [-0.15, -0.1) is 0 Å². The predicted molar refractivity (Wildman–Crippen MR) is 151 cm³/mol. The van der Waals surface area contributed by atoms with E-state index in [-0.39, 0.29) is 34.5 Å². The van der Waals surface area contributed by atoms with Crippen LogP contribution in [0.3, 0.4) is 0 Å². The molecule has 0 spiro atoms. The van der Waals surface area contributed by atoms with E-state index in [1.165, 1.54) is 24.8 Å². The molecule has 0 saturated carbocycles. The maximum Gasteiger partial charge on any atom is 0.246 e. The third-order valence-corrected chi connectivity index (χ3v) is 7.83. The molecule has 5 aromatic rings. The summed E-state index contributed by atoms with van der Waals surface area (Å²) in [4.78, 5) is 34.1. The van der Waals surface area contributed by atoms with Gasteiger partial charge in [0.25, 0.3) is 0 Å². The smallest absolute Gasteiger partial charge is 0.246 e. The quantitative estimate of drug-likeness (QED) is 0.288. The standard InChI is InChI=1S/C28H23ClFN9O2/c1-2-24(40)39-16-3-4-17(39)13-37(12-16)22-8-6-20-27(36-22)28(33-14-31-20)35-19-5-7-21(25(29)26(19)30)41-18-9-10-38-23(11-18)32-15-34-38/h2,5-11,14-17H,1,3-4,12-13H2,(H,31,33,35). The first-order valence-electron chi connectivity index (χ1n) is 13.0. The number of carbonyl (C=O) groups is 1. The summed E-state index contributed by atoms with van der Waals surface area (Å²) in [7, 11) is 0. The number of piperazine rings is 1. The van der Waals surface area contributed by atoms with Crippen LogP contribution in [0, 0.1) is 5.82 Å². The Kier molecular flexibility index (Phi) is 6.11. The molecule has 2 unspecified atom stereocenters. The third-order valence-electron chi connectivity index (χ3n) is 7.48. The molecule has 2 bridgehead atoms. The highest BCUT2D eigenvalue weighted by Gasteiger charge is 2.42. The van der Waals surface area contributed by atoms with Gasteiger partial charge in [0.2, 0.25) is 5.91 Å². The van der Waals surface area contributed by atoms with Gasteiger partial charge in [0.1, 0.15) is 40.5 Å². The number of hydrogen-bond acceptors (Lipinski definition) is 9. The van der Waals surface area contributed by atoms with Crippen LogP contribution in [0.4, 0.5) is 21.7 Å². The average Bonchev–Trinajstić information content (AvgIpc) is 3.57. The van der Waals surface area contributed by atoms with Crippen molar-refractivity contribution in [1.29, 1.82) is 0 Å². The molecule has 6 heterocycles. The molecule has 4 aromatic heterocycles. The van der Waals surface area contributed by atoms with Gasteiger partial charge in [-0.25, -0.2) is 28.8 Å². The highest BCUT2D eigenvalue weighted by molar-refractivity contribution is 6.32. The average molecular weight is 572 g/mol. The maximum absolute atomic E-state index is 15.4. The summed E-state index contributed by atoms with van der Waals surface area (Å²) in [5, 5.41) is 6.88. The first-order chi connectivity index (χ1) is 20.0. The fourth-order valence-corrected chi connectivity index (χ4v) is 5.78. The SMILES string of the molecule is C=CC(=O)N1C2CCC1CN(c1ccc3ncnc(Nc4ccc(Oc5ccn6ncnc6c5)c(Cl)c4F)c3n1)C2. The number of nitrogens with one attached hydrogen (secondary N) is 1. The number of benzene rings is 1. The molecule has 0 radical (unpaired) electrons. The number of pyridine rings is 2. The summed E-state index contributed by atoms with van der Waals surface area (Å²) in [6, 6.07) is 10.4. The second-order valence-corrected chi connectivity index (χ2v) is 10.3. The molecular formula is C28H23ClFN9O2. The summed E-state index contributed by atoms with van der Waals surface area (Å²) < 4.78 is 22.8. The van der Waals surface area contributed by atoms with Crippen LogP contribution >= 0.6 is 11.6 Å². The monoisotopic (exact) mass is 571 g/mol. The van der Waals surface area contributed by atoms with Crippen LogP contribution in [0.5, 0.6) is 11.5 Å². The van der Waals surface area contributed by atoms with Crippen LogP contribution in [0.2, 0.25) is 5.02 Å². The predicted octanol–water partition coefficient (Wildman–Crippen LogP) is 4.76. The fraction of sp³-hybridized carbons (Fsp3) is 0.214. The molecule has 2 atom stereocenters.